The molecule has 0 amide bonds. The molecule has 0 saturated heterocycles. The zero-order valence-corrected chi connectivity index (χ0v) is 9.41. The maximum atomic E-state index is 11.5. The van der Waals surface area contributed by atoms with E-state index in [-0.39, 0.29) is 40.9 Å². The Kier molecular flexibility index (Phi) is 7.98. The van der Waals surface area contributed by atoms with Crippen LogP contribution in [0, 0.1) is 5.92 Å². The number of rotatable bonds is 4. The van der Waals surface area contributed by atoms with Crippen LogP contribution in [0.25, 0.3) is 0 Å². The molecule has 1 rings (SSSR count). The molecule has 0 spiro atoms. The van der Waals surface area contributed by atoms with Gasteiger partial charge < -0.3 is 4.74 Å². The predicted molar refractivity (Wildman–Crippen MR) is 64.5 cm³/mol. The van der Waals surface area contributed by atoms with Gasteiger partial charge in [0, 0.05) is 0 Å². The summed E-state index contributed by atoms with van der Waals surface area (Å²) < 4.78 is 4.85. The van der Waals surface area contributed by atoms with E-state index in [9.17, 15) is 9.59 Å². The average Bonchev–Trinajstić information content (AvgIpc) is 2.66. The molecule has 16 heavy (non-hydrogen) atoms. The molecule has 1 aliphatic rings. The second-order valence-corrected chi connectivity index (χ2v) is 3.90. The fourth-order valence-electron chi connectivity index (χ4n) is 1.90. The first-order valence-electron chi connectivity index (χ1n) is 5.55. The first-order valence-corrected chi connectivity index (χ1v) is 5.55. The number of hydrogen-bond acceptors (Lipinski definition) is 3. The van der Waals surface area contributed by atoms with E-state index in [1.807, 2.05) is 0 Å². The molecular weight excluding hydrogens is 215 g/mol. The van der Waals surface area contributed by atoms with Crippen molar-refractivity contribution in [3.8, 4) is 0 Å². The molecule has 0 N–H and O–H groups in total. The Hall–Kier alpha value is -0.120. The van der Waals surface area contributed by atoms with E-state index in [4.69, 9.17) is 4.74 Å². The van der Waals surface area contributed by atoms with Gasteiger partial charge in [-0.2, -0.15) is 0 Å². The Morgan fingerprint density at radius 2 is 1.88 bits per heavy atom. The third-order valence-corrected chi connectivity index (χ3v) is 2.68. The van der Waals surface area contributed by atoms with Crippen molar-refractivity contribution in [2.45, 2.75) is 39.5 Å². The van der Waals surface area contributed by atoms with Crippen molar-refractivity contribution in [3.63, 3.8) is 0 Å². The number of Topliss-reactive ketones (excluding diaryl/α,β-unsaturated/α-hetero) is 1. The second-order valence-electron chi connectivity index (χ2n) is 3.90. The molecule has 1 aliphatic carbocycles. The van der Waals surface area contributed by atoms with E-state index in [1.165, 1.54) is 19.8 Å². The zero-order valence-electron chi connectivity index (χ0n) is 9.41. The standard InChI is InChI=1S/C12H18O3.Na.H/c1-3-15-12(14)11(9(2)13)8-10-6-4-5-7-10;;/h8,10H,3-7H2,1-2H3;;. The quantitative estimate of drug-likeness (QED) is 0.244. The molecule has 1 fully saturated rings. The van der Waals surface area contributed by atoms with E-state index in [0.717, 1.165) is 12.8 Å². The van der Waals surface area contributed by atoms with Gasteiger partial charge in [0.15, 0.2) is 5.78 Å². The van der Waals surface area contributed by atoms with Crippen LogP contribution in [0.5, 0.6) is 0 Å². The summed E-state index contributed by atoms with van der Waals surface area (Å²) in [4.78, 5) is 22.7. The number of esters is 1. The van der Waals surface area contributed by atoms with Gasteiger partial charge in [-0.25, -0.2) is 4.79 Å². The Morgan fingerprint density at radius 1 is 1.31 bits per heavy atom. The van der Waals surface area contributed by atoms with E-state index in [0.29, 0.717) is 12.5 Å². The Labute approximate surface area is 119 Å². The fraction of sp³-hybridized carbons (Fsp3) is 0.667. The SMILES string of the molecule is CCOC(=O)C(=CC1CCCC1)C(C)=O.[NaH]. The summed E-state index contributed by atoms with van der Waals surface area (Å²) in [5.74, 6) is -0.287. The van der Waals surface area contributed by atoms with Gasteiger partial charge in [-0.05, 0) is 32.6 Å². The van der Waals surface area contributed by atoms with Crippen LogP contribution < -0.4 is 0 Å². The van der Waals surface area contributed by atoms with Crippen LogP contribution in [-0.4, -0.2) is 47.9 Å². The Balaban J connectivity index is 0.00000225. The van der Waals surface area contributed by atoms with Crippen LogP contribution >= 0.6 is 0 Å². The first-order chi connectivity index (χ1) is 7.15. The number of hydrogen-bond donors (Lipinski definition) is 0. The third-order valence-electron chi connectivity index (χ3n) is 2.68. The van der Waals surface area contributed by atoms with E-state index >= 15 is 0 Å². The Morgan fingerprint density at radius 3 is 2.31 bits per heavy atom. The molecule has 0 bridgehead atoms. The minimum absolute atomic E-state index is 0. The molecule has 0 aliphatic heterocycles. The molecule has 1 saturated carbocycles. The van der Waals surface area contributed by atoms with E-state index < -0.39 is 5.97 Å². The molecule has 0 unspecified atom stereocenters. The van der Waals surface area contributed by atoms with Crippen molar-refractivity contribution in [2.24, 2.45) is 5.92 Å². The predicted octanol–water partition coefficient (Wildman–Crippen LogP) is 1.61. The zero-order chi connectivity index (χ0) is 11.3. The van der Waals surface area contributed by atoms with Crippen LogP contribution in [0.4, 0.5) is 0 Å². The summed E-state index contributed by atoms with van der Waals surface area (Å²) in [6.45, 7) is 3.47. The van der Waals surface area contributed by atoms with E-state index in [2.05, 4.69) is 0 Å². The normalized spacial score (nSPS) is 16.8. The number of carbonyl (C=O) groups excluding carboxylic acids is 2. The van der Waals surface area contributed by atoms with Crippen molar-refractivity contribution >= 4 is 41.3 Å². The van der Waals surface area contributed by atoms with Crippen LogP contribution in [0.2, 0.25) is 0 Å². The third kappa shape index (κ3) is 4.81. The van der Waals surface area contributed by atoms with Crippen LogP contribution in [-0.2, 0) is 14.3 Å². The summed E-state index contributed by atoms with van der Waals surface area (Å²) in [6, 6.07) is 0. The first kappa shape index (κ1) is 15.9. The number of ketones is 1. The molecule has 0 aromatic carbocycles. The summed E-state index contributed by atoms with van der Waals surface area (Å²) in [5.41, 5.74) is 0.226. The summed E-state index contributed by atoms with van der Waals surface area (Å²) >= 11 is 0. The number of allylic oxidation sites excluding steroid dienone is 1. The maximum absolute atomic E-state index is 11.5. The van der Waals surface area contributed by atoms with Gasteiger partial charge in [-0.15, -0.1) is 0 Å². The minimum atomic E-state index is -0.475. The van der Waals surface area contributed by atoms with Gasteiger partial charge in [0.05, 0.1) is 12.2 Å². The molecular formula is C12H19NaO3. The average molecular weight is 234 g/mol. The van der Waals surface area contributed by atoms with Crippen LogP contribution in [0.15, 0.2) is 11.6 Å². The molecule has 86 valence electrons. The summed E-state index contributed by atoms with van der Waals surface area (Å²) in [7, 11) is 0. The van der Waals surface area contributed by atoms with Crippen molar-refractivity contribution in [1.29, 1.82) is 0 Å². The van der Waals surface area contributed by atoms with Gasteiger partial charge in [0.25, 0.3) is 0 Å². The van der Waals surface area contributed by atoms with Crippen molar-refractivity contribution in [3.05, 3.63) is 11.6 Å². The molecule has 4 heteroatoms. The summed E-state index contributed by atoms with van der Waals surface area (Å²) in [6.07, 6.45) is 6.34. The molecule has 0 atom stereocenters. The number of ether oxygens (including phenoxy) is 1. The molecule has 3 nitrogen and oxygen atoms in total. The fourth-order valence-corrected chi connectivity index (χ4v) is 1.90. The van der Waals surface area contributed by atoms with Gasteiger partial charge in [0.1, 0.15) is 0 Å². The van der Waals surface area contributed by atoms with E-state index in [1.54, 1.807) is 13.0 Å². The van der Waals surface area contributed by atoms with Crippen LogP contribution in [0.3, 0.4) is 0 Å². The molecule has 0 heterocycles. The van der Waals surface area contributed by atoms with Crippen LogP contribution in [0.1, 0.15) is 39.5 Å². The molecule has 0 aromatic heterocycles. The monoisotopic (exact) mass is 234 g/mol. The van der Waals surface area contributed by atoms with Crippen molar-refractivity contribution < 1.29 is 14.3 Å². The van der Waals surface area contributed by atoms with Gasteiger partial charge in [-0.1, -0.05) is 18.9 Å². The van der Waals surface area contributed by atoms with Crippen molar-refractivity contribution in [2.75, 3.05) is 6.61 Å². The second kappa shape index (κ2) is 8.04. The molecule has 0 radical (unpaired) electrons. The molecule has 0 aromatic rings. The number of carbonyl (C=O) groups is 2. The van der Waals surface area contributed by atoms with Gasteiger partial charge in [-0.3, -0.25) is 4.79 Å². The Bertz CT molecular complexity index is 278. The van der Waals surface area contributed by atoms with Gasteiger partial charge >= 0.3 is 35.5 Å². The topological polar surface area (TPSA) is 43.4 Å². The van der Waals surface area contributed by atoms with Crippen molar-refractivity contribution in [1.82, 2.24) is 0 Å². The van der Waals surface area contributed by atoms with Gasteiger partial charge in [0.2, 0.25) is 0 Å². The summed E-state index contributed by atoms with van der Waals surface area (Å²) in [5, 5.41) is 0.